The summed E-state index contributed by atoms with van der Waals surface area (Å²) < 4.78 is 5.64. The van der Waals surface area contributed by atoms with Crippen molar-refractivity contribution in [3.8, 4) is 0 Å². The third-order valence-electron chi connectivity index (χ3n) is 7.23. The Labute approximate surface area is 223 Å². The zero-order valence-electron chi connectivity index (χ0n) is 24.6. The molecular formula is C30H61NO5. The lowest BCUT2D eigenvalue weighted by Gasteiger charge is -2.44. The van der Waals surface area contributed by atoms with E-state index in [-0.39, 0.29) is 18.6 Å². The van der Waals surface area contributed by atoms with Gasteiger partial charge in [-0.3, -0.25) is 9.69 Å². The van der Waals surface area contributed by atoms with E-state index in [9.17, 15) is 20.1 Å². The minimum absolute atomic E-state index is 0.0119. The molecule has 0 rings (SSSR count). The zero-order chi connectivity index (χ0) is 27.4. The second kappa shape index (κ2) is 21.3. The van der Waals surface area contributed by atoms with Crippen LogP contribution in [-0.2, 0) is 9.53 Å². The number of aliphatic hydroxyl groups is 3. The average molecular weight is 516 g/mol. The van der Waals surface area contributed by atoms with Gasteiger partial charge in [0.15, 0.2) is 0 Å². The van der Waals surface area contributed by atoms with E-state index in [0.29, 0.717) is 19.5 Å². The predicted molar refractivity (Wildman–Crippen MR) is 150 cm³/mol. The summed E-state index contributed by atoms with van der Waals surface area (Å²) in [5, 5.41) is 30.3. The zero-order valence-corrected chi connectivity index (χ0v) is 24.6. The highest BCUT2D eigenvalue weighted by atomic mass is 16.5. The van der Waals surface area contributed by atoms with Crippen molar-refractivity contribution in [3.05, 3.63) is 0 Å². The highest BCUT2D eigenvalue weighted by Crippen LogP contribution is 2.37. The van der Waals surface area contributed by atoms with Crippen molar-refractivity contribution in [2.75, 3.05) is 19.7 Å². The molecule has 0 aromatic heterocycles. The molecule has 0 spiro atoms. The van der Waals surface area contributed by atoms with Crippen molar-refractivity contribution in [1.82, 2.24) is 4.90 Å². The number of unbranched alkanes of at least 4 members (excludes halogenated alkanes) is 11. The molecule has 5 atom stereocenters. The summed E-state index contributed by atoms with van der Waals surface area (Å²) in [7, 11) is 0. The smallest absolute Gasteiger partial charge is 0.313 e. The molecule has 0 bridgehead atoms. The molecule has 5 unspecified atom stereocenters. The minimum atomic E-state index is -0.772. The van der Waals surface area contributed by atoms with Crippen molar-refractivity contribution in [2.45, 2.75) is 162 Å². The topological polar surface area (TPSA) is 90.2 Å². The largest absolute Gasteiger partial charge is 0.462 e. The van der Waals surface area contributed by atoms with E-state index < -0.39 is 23.7 Å². The van der Waals surface area contributed by atoms with E-state index in [4.69, 9.17) is 4.74 Å². The summed E-state index contributed by atoms with van der Waals surface area (Å²) in [4.78, 5) is 15.7. The summed E-state index contributed by atoms with van der Waals surface area (Å²) in [5.41, 5.74) is -0.772. The summed E-state index contributed by atoms with van der Waals surface area (Å²) in [5.74, 6) is -0.272. The minimum Gasteiger partial charge on any atom is -0.462 e. The van der Waals surface area contributed by atoms with Crippen molar-refractivity contribution >= 4 is 5.97 Å². The first-order valence-electron chi connectivity index (χ1n) is 15.0. The molecule has 0 saturated heterocycles. The van der Waals surface area contributed by atoms with Crippen molar-refractivity contribution in [1.29, 1.82) is 0 Å². The van der Waals surface area contributed by atoms with Crippen LogP contribution in [0.3, 0.4) is 0 Å². The molecule has 0 aliphatic carbocycles. The van der Waals surface area contributed by atoms with Crippen molar-refractivity contribution in [2.24, 2.45) is 5.41 Å². The first kappa shape index (κ1) is 35.3. The maximum absolute atomic E-state index is 13.6. The van der Waals surface area contributed by atoms with E-state index in [2.05, 4.69) is 18.7 Å². The fraction of sp³-hybridized carbons (Fsp3) is 0.967. The Morgan fingerprint density at radius 3 is 1.61 bits per heavy atom. The molecule has 0 aromatic carbocycles. The number of carbonyl (C=O) groups excluding carboxylic acids is 1. The molecule has 0 amide bonds. The second-order valence-electron chi connectivity index (χ2n) is 11.5. The van der Waals surface area contributed by atoms with E-state index >= 15 is 0 Å². The third-order valence-corrected chi connectivity index (χ3v) is 7.23. The van der Waals surface area contributed by atoms with Gasteiger partial charge in [0.2, 0.25) is 0 Å². The number of hydrogen-bond acceptors (Lipinski definition) is 6. The van der Waals surface area contributed by atoms with Crippen molar-refractivity contribution < 1.29 is 24.9 Å². The van der Waals surface area contributed by atoms with Crippen LogP contribution in [-0.4, -0.2) is 70.2 Å². The van der Waals surface area contributed by atoms with E-state index in [1.54, 1.807) is 20.8 Å². The normalized spacial score (nSPS) is 16.9. The molecule has 216 valence electrons. The Morgan fingerprint density at radius 2 is 1.17 bits per heavy atom. The highest BCUT2D eigenvalue weighted by Gasteiger charge is 2.45. The summed E-state index contributed by atoms with van der Waals surface area (Å²) in [6.07, 6.45) is 14.9. The predicted octanol–water partition coefficient (Wildman–Crippen LogP) is 6.24. The molecule has 0 radical (unpaired) electrons. The highest BCUT2D eigenvalue weighted by molar-refractivity contribution is 5.77. The Balaban J connectivity index is 5.72. The Hall–Kier alpha value is -0.690. The van der Waals surface area contributed by atoms with Crippen LogP contribution in [0, 0.1) is 5.41 Å². The number of hydrogen-bond donors (Lipinski definition) is 3. The quantitative estimate of drug-likeness (QED) is 0.104. The number of esters is 1. The maximum atomic E-state index is 13.6. The second-order valence-corrected chi connectivity index (χ2v) is 11.5. The first-order valence-corrected chi connectivity index (χ1v) is 15.0. The van der Waals surface area contributed by atoms with Gasteiger partial charge in [0.05, 0.1) is 23.7 Å². The van der Waals surface area contributed by atoms with Gasteiger partial charge in [-0.2, -0.15) is 0 Å². The number of carbonyl (C=O) groups is 1. The SMILES string of the molecule is CCCCCCCCCC(C)(C(=O)OCC(C)O)C(CCCCCCCC)N(CC(C)O)CC(C)O. The van der Waals surface area contributed by atoms with Gasteiger partial charge in [-0.1, -0.05) is 97.3 Å². The number of rotatable bonds is 24. The van der Waals surface area contributed by atoms with Crippen LogP contribution in [0.1, 0.15) is 138 Å². The lowest BCUT2D eigenvalue weighted by molar-refractivity contribution is -0.164. The fourth-order valence-electron chi connectivity index (χ4n) is 5.25. The molecule has 0 aliphatic rings. The Kier molecular flexibility index (Phi) is 20.9. The molecule has 0 heterocycles. The van der Waals surface area contributed by atoms with Gasteiger partial charge < -0.3 is 20.1 Å². The molecule has 0 aliphatic heterocycles. The van der Waals surface area contributed by atoms with Crippen LogP contribution in [0.2, 0.25) is 0 Å². The number of nitrogens with zero attached hydrogens (tertiary/aromatic N) is 1. The molecule has 6 heteroatoms. The lowest BCUT2D eigenvalue weighted by atomic mass is 9.74. The van der Waals surface area contributed by atoms with Crippen molar-refractivity contribution in [3.63, 3.8) is 0 Å². The molecule has 0 aromatic rings. The van der Waals surface area contributed by atoms with Gasteiger partial charge in [-0.25, -0.2) is 0 Å². The molecule has 3 N–H and O–H groups in total. The van der Waals surface area contributed by atoms with Crippen LogP contribution >= 0.6 is 0 Å². The molecular weight excluding hydrogens is 454 g/mol. The summed E-state index contributed by atoms with van der Waals surface area (Å²) in [6, 6.07) is -0.144. The van der Waals surface area contributed by atoms with Gasteiger partial charge >= 0.3 is 5.97 Å². The Morgan fingerprint density at radius 1 is 0.722 bits per heavy atom. The standard InChI is InChI=1S/C30H61NO5/c1-7-9-11-13-15-17-19-21-30(6,29(35)36-24-27(5)34)28(20-18-16-14-12-10-8-2)31(22-25(3)32)23-26(4)33/h25-28,32-34H,7-24H2,1-6H3. The van der Waals surface area contributed by atoms with Gasteiger partial charge in [-0.05, 0) is 40.5 Å². The van der Waals surface area contributed by atoms with Gasteiger partial charge in [0, 0.05) is 19.1 Å². The average Bonchev–Trinajstić information content (AvgIpc) is 2.80. The molecule has 0 fully saturated rings. The first-order chi connectivity index (χ1) is 17.1. The lowest BCUT2D eigenvalue weighted by Crippen LogP contribution is -2.54. The van der Waals surface area contributed by atoms with E-state index in [1.807, 2.05) is 6.92 Å². The maximum Gasteiger partial charge on any atom is 0.313 e. The molecule has 0 saturated carbocycles. The van der Waals surface area contributed by atoms with Gasteiger partial charge in [0.1, 0.15) is 6.61 Å². The molecule has 36 heavy (non-hydrogen) atoms. The Bertz CT molecular complexity index is 515. The van der Waals surface area contributed by atoms with Crippen LogP contribution in [0.25, 0.3) is 0 Å². The van der Waals surface area contributed by atoms with Crippen LogP contribution < -0.4 is 0 Å². The summed E-state index contributed by atoms with van der Waals surface area (Å²) in [6.45, 7) is 12.4. The van der Waals surface area contributed by atoms with E-state index in [0.717, 1.165) is 32.1 Å². The number of ether oxygens (including phenoxy) is 1. The molecule has 6 nitrogen and oxygen atoms in total. The fourth-order valence-corrected chi connectivity index (χ4v) is 5.25. The third kappa shape index (κ3) is 16.2. The van der Waals surface area contributed by atoms with E-state index in [1.165, 1.54) is 57.8 Å². The van der Waals surface area contributed by atoms with Gasteiger partial charge in [0.25, 0.3) is 0 Å². The number of aliphatic hydroxyl groups excluding tert-OH is 3. The van der Waals surface area contributed by atoms with Crippen LogP contribution in [0.15, 0.2) is 0 Å². The van der Waals surface area contributed by atoms with Crippen LogP contribution in [0.5, 0.6) is 0 Å². The monoisotopic (exact) mass is 515 g/mol. The summed E-state index contributed by atoms with van der Waals surface area (Å²) >= 11 is 0. The van der Waals surface area contributed by atoms with Crippen LogP contribution in [0.4, 0.5) is 0 Å². The van der Waals surface area contributed by atoms with Gasteiger partial charge in [-0.15, -0.1) is 0 Å².